The predicted octanol–water partition coefficient (Wildman–Crippen LogP) is 7.49. The molecule has 2 aliphatic rings. The molecule has 1 aromatic carbocycles. The third-order valence-corrected chi connectivity index (χ3v) is 6.47. The molecule has 1 heterocycles. The summed E-state index contributed by atoms with van der Waals surface area (Å²) in [6.07, 6.45) is 18.6. The second kappa shape index (κ2) is 9.93. The first-order chi connectivity index (χ1) is 14.8. The van der Waals surface area contributed by atoms with Crippen molar-refractivity contribution in [2.75, 3.05) is 0 Å². The van der Waals surface area contributed by atoms with Gasteiger partial charge in [0.1, 0.15) is 5.75 Å². The number of hydrogen-bond acceptors (Lipinski definition) is 2. The van der Waals surface area contributed by atoms with Crippen molar-refractivity contribution in [3.63, 3.8) is 0 Å². The molecule has 156 valence electrons. The van der Waals surface area contributed by atoms with Crippen LogP contribution in [0.3, 0.4) is 0 Å². The summed E-state index contributed by atoms with van der Waals surface area (Å²) in [6, 6.07) is 14.8. The molecule has 2 heteroatoms. The van der Waals surface area contributed by atoms with E-state index >= 15 is 0 Å². The number of nitrogens with zero attached hydrogens (tertiary/aromatic N) is 1. The quantitative estimate of drug-likeness (QED) is 0.450. The highest BCUT2D eigenvalue weighted by Gasteiger charge is 2.27. The molecule has 0 spiro atoms. The lowest BCUT2D eigenvalue weighted by Gasteiger charge is -2.29. The smallest absolute Gasteiger partial charge is 0.123 e. The van der Waals surface area contributed by atoms with Gasteiger partial charge >= 0.3 is 0 Å². The predicted molar refractivity (Wildman–Crippen MR) is 126 cm³/mol. The molecule has 0 N–H and O–H groups in total. The normalized spacial score (nSPS) is 20.8. The van der Waals surface area contributed by atoms with E-state index in [0.717, 1.165) is 24.3 Å². The first-order valence-corrected chi connectivity index (χ1v) is 11.5. The molecule has 2 atom stereocenters. The third kappa shape index (κ3) is 4.75. The Morgan fingerprint density at radius 1 is 1.13 bits per heavy atom. The monoisotopic (exact) mass is 399 g/mol. The van der Waals surface area contributed by atoms with Gasteiger partial charge in [0.15, 0.2) is 0 Å². The molecular weight excluding hydrogens is 366 g/mol. The van der Waals surface area contributed by atoms with E-state index in [1.54, 1.807) is 0 Å². The highest BCUT2D eigenvalue weighted by Crippen LogP contribution is 2.41. The van der Waals surface area contributed by atoms with Crippen molar-refractivity contribution in [3.8, 4) is 5.75 Å². The molecule has 1 fully saturated rings. The molecule has 0 aliphatic heterocycles. The van der Waals surface area contributed by atoms with Crippen LogP contribution in [-0.4, -0.2) is 11.1 Å². The fraction of sp³-hybridized carbons (Fsp3) is 0.393. The Kier molecular flexibility index (Phi) is 6.84. The van der Waals surface area contributed by atoms with Crippen LogP contribution in [0.1, 0.15) is 63.6 Å². The van der Waals surface area contributed by atoms with Crippen LogP contribution in [0, 0.1) is 11.8 Å². The largest absolute Gasteiger partial charge is 0.490 e. The summed E-state index contributed by atoms with van der Waals surface area (Å²) in [4.78, 5) is 4.79. The lowest BCUT2D eigenvalue weighted by molar-refractivity contribution is 0.209. The van der Waals surface area contributed by atoms with Crippen LogP contribution >= 0.6 is 0 Å². The van der Waals surface area contributed by atoms with Gasteiger partial charge in [0.05, 0.1) is 11.8 Å². The average molecular weight is 400 g/mol. The zero-order valence-corrected chi connectivity index (χ0v) is 18.3. The van der Waals surface area contributed by atoms with Crippen LogP contribution in [0.2, 0.25) is 0 Å². The molecular formula is C28H33NO. The van der Waals surface area contributed by atoms with E-state index in [1.165, 1.54) is 42.4 Å². The number of allylic oxidation sites excluding steroid dienone is 6. The van der Waals surface area contributed by atoms with E-state index in [2.05, 4.69) is 74.5 Å². The van der Waals surface area contributed by atoms with Gasteiger partial charge in [-0.1, -0.05) is 55.5 Å². The highest BCUT2D eigenvalue weighted by atomic mass is 16.5. The van der Waals surface area contributed by atoms with E-state index in [0.29, 0.717) is 17.9 Å². The molecule has 0 amide bonds. The summed E-state index contributed by atoms with van der Waals surface area (Å²) in [5.41, 5.74) is 4.95. The minimum Gasteiger partial charge on any atom is -0.490 e. The standard InChI is InChI=1S/C28H33NO/c1-3-10-21(4-2)26-16-15-23(22-11-6-5-7-12-22)19-27(26)28-20-25(17-18-29-28)30-24-13-8-9-14-24/h3,5-7,10-12,15,17-21,24,26H,4,8-9,13-14,16H2,1-2H3. The van der Waals surface area contributed by atoms with Gasteiger partial charge in [-0.15, -0.1) is 0 Å². The average Bonchev–Trinajstić information content (AvgIpc) is 3.31. The molecule has 1 saturated carbocycles. The zero-order chi connectivity index (χ0) is 20.8. The van der Waals surface area contributed by atoms with Crippen LogP contribution in [0.25, 0.3) is 11.1 Å². The van der Waals surface area contributed by atoms with Crippen molar-refractivity contribution in [3.05, 3.63) is 84.2 Å². The molecule has 2 unspecified atom stereocenters. The van der Waals surface area contributed by atoms with Crippen molar-refractivity contribution in [1.29, 1.82) is 0 Å². The molecule has 2 aliphatic carbocycles. The number of pyridine rings is 1. The molecule has 0 radical (unpaired) electrons. The van der Waals surface area contributed by atoms with E-state index in [-0.39, 0.29) is 0 Å². The molecule has 0 saturated heterocycles. The summed E-state index contributed by atoms with van der Waals surface area (Å²) >= 11 is 0. The number of hydrogen-bond donors (Lipinski definition) is 0. The highest BCUT2D eigenvalue weighted by molar-refractivity contribution is 5.86. The van der Waals surface area contributed by atoms with Crippen LogP contribution in [0.15, 0.2) is 73.0 Å². The van der Waals surface area contributed by atoms with Gasteiger partial charge in [0, 0.05) is 12.3 Å². The summed E-state index contributed by atoms with van der Waals surface area (Å²) < 4.78 is 6.29. The van der Waals surface area contributed by atoms with Gasteiger partial charge < -0.3 is 4.74 Å². The van der Waals surface area contributed by atoms with Crippen molar-refractivity contribution in [2.45, 2.75) is 58.5 Å². The maximum atomic E-state index is 6.29. The summed E-state index contributed by atoms with van der Waals surface area (Å²) in [5.74, 6) is 1.91. The Bertz CT molecular complexity index is 919. The molecule has 4 rings (SSSR count). The lowest BCUT2D eigenvalue weighted by atomic mass is 9.76. The summed E-state index contributed by atoms with van der Waals surface area (Å²) in [5, 5.41) is 0. The van der Waals surface area contributed by atoms with E-state index in [4.69, 9.17) is 9.72 Å². The van der Waals surface area contributed by atoms with Crippen molar-refractivity contribution in [1.82, 2.24) is 4.98 Å². The second-order valence-corrected chi connectivity index (χ2v) is 8.47. The van der Waals surface area contributed by atoms with Crippen LogP contribution in [0.5, 0.6) is 5.75 Å². The van der Waals surface area contributed by atoms with Gasteiger partial charge in [0.25, 0.3) is 0 Å². The summed E-state index contributed by atoms with van der Waals surface area (Å²) in [6.45, 7) is 4.40. The van der Waals surface area contributed by atoms with E-state index < -0.39 is 0 Å². The first-order valence-electron chi connectivity index (χ1n) is 11.5. The fourth-order valence-corrected chi connectivity index (χ4v) is 4.86. The zero-order valence-electron chi connectivity index (χ0n) is 18.3. The number of rotatable bonds is 7. The lowest BCUT2D eigenvalue weighted by Crippen LogP contribution is -2.17. The van der Waals surface area contributed by atoms with E-state index in [9.17, 15) is 0 Å². The van der Waals surface area contributed by atoms with Crippen molar-refractivity contribution >= 4 is 11.1 Å². The topological polar surface area (TPSA) is 22.1 Å². The minimum atomic E-state index is 0.363. The van der Waals surface area contributed by atoms with Crippen LogP contribution < -0.4 is 4.74 Å². The number of aromatic nitrogens is 1. The minimum absolute atomic E-state index is 0.363. The Morgan fingerprint density at radius 2 is 1.93 bits per heavy atom. The molecule has 1 aromatic heterocycles. The van der Waals surface area contributed by atoms with Gasteiger partial charge in [-0.25, -0.2) is 0 Å². The van der Waals surface area contributed by atoms with Gasteiger partial charge in [-0.2, -0.15) is 0 Å². The Labute approximate surface area is 181 Å². The maximum absolute atomic E-state index is 6.29. The molecule has 30 heavy (non-hydrogen) atoms. The second-order valence-electron chi connectivity index (χ2n) is 8.47. The Balaban J connectivity index is 1.69. The molecule has 0 bridgehead atoms. The van der Waals surface area contributed by atoms with Gasteiger partial charge in [0.2, 0.25) is 0 Å². The van der Waals surface area contributed by atoms with Crippen LogP contribution in [0.4, 0.5) is 0 Å². The Hall–Kier alpha value is -2.61. The van der Waals surface area contributed by atoms with Crippen molar-refractivity contribution < 1.29 is 4.74 Å². The number of ether oxygens (including phenoxy) is 1. The fourth-order valence-electron chi connectivity index (χ4n) is 4.86. The van der Waals surface area contributed by atoms with Gasteiger partial charge in [-0.05, 0) is 86.1 Å². The third-order valence-electron chi connectivity index (χ3n) is 6.47. The van der Waals surface area contributed by atoms with Crippen LogP contribution in [-0.2, 0) is 0 Å². The summed E-state index contributed by atoms with van der Waals surface area (Å²) in [7, 11) is 0. The van der Waals surface area contributed by atoms with Gasteiger partial charge in [-0.3, -0.25) is 4.98 Å². The van der Waals surface area contributed by atoms with Crippen molar-refractivity contribution in [2.24, 2.45) is 11.8 Å². The molecule has 2 aromatic rings. The molecule has 2 nitrogen and oxygen atoms in total. The number of benzene rings is 1. The maximum Gasteiger partial charge on any atom is 0.123 e. The first kappa shape index (κ1) is 20.7. The Morgan fingerprint density at radius 3 is 2.67 bits per heavy atom. The van der Waals surface area contributed by atoms with E-state index in [1.807, 2.05) is 12.3 Å². The SMILES string of the molecule is CC=CC(CC)C1CC=C(c2ccccc2)C=C1c1cc(OC2CCCC2)ccn1.